The molecular formula is C26H21ClN4O6S. The number of hydrogen-bond donors (Lipinski definition) is 1. The maximum atomic E-state index is 13.4. The molecule has 1 heterocycles. The highest BCUT2D eigenvalue weighted by Gasteiger charge is 2.27. The van der Waals surface area contributed by atoms with Crippen LogP contribution in [0.1, 0.15) is 11.3 Å². The Hall–Kier alpha value is -4.48. The molecule has 0 saturated heterocycles. The predicted octanol–water partition coefficient (Wildman–Crippen LogP) is 5.16. The van der Waals surface area contributed by atoms with Crippen LogP contribution >= 0.6 is 11.6 Å². The van der Waals surface area contributed by atoms with Crippen LogP contribution in [-0.2, 0) is 14.8 Å². The minimum absolute atomic E-state index is 0.0161. The Morgan fingerprint density at radius 1 is 1.08 bits per heavy atom. The first kappa shape index (κ1) is 26.6. The van der Waals surface area contributed by atoms with Crippen molar-refractivity contribution in [2.75, 3.05) is 10.8 Å². The highest BCUT2D eigenvalue weighted by Crippen LogP contribution is 2.28. The zero-order valence-electron chi connectivity index (χ0n) is 19.9. The number of carbonyl (C=O) groups is 1. The van der Waals surface area contributed by atoms with Crippen molar-refractivity contribution in [2.45, 2.75) is 11.8 Å². The van der Waals surface area contributed by atoms with Gasteiger partial charge in [0, 0.05) is 22.7 Å². The zero-order valence-corrected chi connectivity index (χ0v) is 21.5. The van der Waals surface area contributed by atoms with Gasteiger partial charge in [-0.2, -0.15) is 5.10 Å². The van der Waals surface area contributed by atoms with Crippen LogP contribution in [0.2, 0.25) is 5.02 Å². The molecule has 1 aromatic heterocycles. The van der Waals surface area contributed by atoms with Gasteiger partial charge in [0.25, 0.3) is 21.6 Å². The number of benzene rings is 3. The van der Waals surface area contributed by atoms with Gasteiger partial charge in [-0.15, -0.1) is 0 Å². The fraction of sp³-hybridized carbons (Fsp3) is 0.0769. The lowest BCUT2D eigenvalue weighted by Gasteiger charge is -2.24. The summed E-state index contributed by atoms with van der Waals surface area (Å²) in [4.78, 5) is 23.1. The first-order valence-corrected chi connectivity index (χ1v) is 13.0. The molecule has 1 N–H and O–H groups in total. The molecule has 0 saturated carbocycles. The van der Waals surface area contributed by atoms with Gasteiger partial charge in [-0.25, -0.2) is 13.8 Å². The Morgan fingerprint density at radius 3 is 2.45 bits per heavy atom. The second kappa shape index (κ2) is 11.3. The van der Waals surface area contributed by atoms with Crippen LogP contribution in [-0.4, -0.2) is 32.0 Å². The molecular weight excluding hydrogens is 532 g/mol. The molecule has 0 bridgehead atoms. The molecule has 194 valence electrons. The van der Waals surface area contributed by atoms with Crippen molar-refractivity contribution < 1.29 is 22.6 Å². The maximum absolute atomic E-state index is 13.4. The fourth-order valence-electron chi connectivity index (χ4n) is 3.43. The topological polar surface area (TPSA) is 135 Å². The SMILES string of the molecule is Cc1ccc(N(CC(=O)N/N=C\c2ccc(-c3ccc([N+](=O)[O-])cc3)o2)S(=O)(=O)c2ccccc2)cc1Cl. The number of aryl methyl sites for hydroxylation is 1. The van der Waals surface area contributed by atoms with Crippen LogP contribution < -0.4 is 9.73 Å². The molecule has 38 heavy (non-hydrogen) atoms. The van der Waals surface area contributed by atoms with Crippen molar-refractivity contribution in [3.8, 4) is 11.3 Å². The Morgan fingerprint density at radius 2 is 1.79 bits per heavy atom. The molecule has 12 heteroatoms. The number of sulfonamides is 1. The molecule has 1 amide bonds. The monoisotopic (exact) mass is 552 g/mol. The van der Waals surface area contributed by atoms with E-state index in [2.05, 4.69) is 10.5 Å². The number of nitro benzene ring substituents is 1. The number of carbonyl (C=O) groups excluding carboxylic acids is 1. The van der Waals surface area contributed by atoms with Crippen LogP contribution in [0.15, 0.2) is 99.3 Å². The molecule has 10 nitrogen and oxygen atoms in total. The minimum Gasteiger partial charge on any atom is -0.455 e. The highest BCUT2D eigenvalue weighted by molar-refractivity contribution is 7.92. The largest absolute Gasteiger partial charge is 0.455 e. The number of anilines is 1. The van der Waals surface area contributed by atoms with E-state index in [4.69, 9.17) is 16.0 Å². The highest BCUT2D eigenvalue weighted by atomic mass is 35.5. The number of halogens is 1. The van der Waals surface area contributed by atoms with E-state index >= 15 is 0 Å². The molecule has 0 fully saturated rings. The number of rotatable bonds is 9. The third-order valence-corrected chi connectivity index (χ3v) is 7.63. The van der Waals surface area contributed by atoms with Crippen LogP contribution in [0, 0.1) is 17.0 Å². The molecule has 0 unspecified atom stereocenters. The maximum Gasteiger partial charge on any atom is 0.269 e. The van der Waals surface area contributed by atoms with Crippen LogP contribution in [0.25, 0.3) is 11.3 Å². The van der Waals surface area contributed by atoms with Crippen LogP contribution in [0.4, 0.5) is 11.4 Å². The molecule has 0 aliphatic rings. The average Bonchev–Trinajstić information content (AvgIpc) is 3.38. The number of nitro groups is 1. The van der Waals surface area contributed by atoms with Gasteiger partial charge in [-0.1, -0.05) is 35.9 Å². The molecule has 4 aromatic rings. The third kappa shape index (κ3) is 6.07. The van der Waals surface area contributed by atoms with E-state index in [0.29, 0.717) is 22.1 Å². The minimum atomic E-state index is -4.09. The summed E-state index contributed by atoms with van der Waals surface area (Å²) in [5, 5.41) is 15.0. The van der Waals surface area contributed by atoms with Gasteiger partial charge in [0.15, 0.2) is 0 Å². The second-order valence-electron chi connectivity index (χ2n) is 8.06. The number of hydrazone groups is 1. The van der Waals surface area contributed by atoms with Crippen molar-refractivity contribution in [3.63, 3.8) is 0 Å². The Labute approximate surface area is 223 Å². The van der Waals surface area contributed by atoms with Crippen molar-refractivity contribution in [1.29, 1.82) is 0 Å². The van der Waals surface area contributed by atoms with Gasteiger partial charge >= 0.3 is 0 Å². The number of non-ortho nitro benzene ring substituents is 1. The summed E-state index contributed by atoms with van der Waals surface area (Å²) in [6.45, 7) is 1.23. The third-order valence-electron chi connectivity index (χ3n) is 5.43. The van der Waals surface area contributed by atoms with E-state index in [9.17, 15) is 23.3 Å². The summed E-state index contributed by atoms with van der Waals surface area (Å²) in [5.41, 5.74) is 3.87. The van der Waals surface area contributed by atoms with Crippen LogP contribution in [0.5, 0.6) is 0 Å². The van der Waals surface area contributed by atoms with Gasteiger partial charge in [0.05, 0.1) is 21.7 Å². The van der Waals surface area contributed by atoms with Crippen molar-refractivity contribution in [2.24, 2.45) is 5.10 Å². The van der Waals surface area contributed by atoms with E-state index < -0.39 is 27.4 Å². The first-order valence-electron chi connectivity index (χ1n) is 11.2. The van der Waals surface area contributed by atoms with Crippen LogP contribution in [0.3, 0.4) is 0 Å². The van der Waals surface area contributed by atoms with E-state index in [1.54, 1.807) is 61.5 Å². The first-order chi connectivity index (χ1) is 18.1. The molecule has 0 atom stereocenters. The van der Waals surface area contributed by atoms with Gasteiger partial charge in [0.2, 0.25) is 0 Å². The summed E-state index contributed by atoms with van der Waals surface area (Å²) in [7, 11) is -4.09. The van der Waals surface area contributed by atoms with Gasteiger partial charge in [-0.3, -0.25) is 19.2 Å². The van der Waals surface area contributed by atoms with E-state index in [1.807, 2.05) is 0 Å². The Balaban J connectivity index is 1.49. The summed E-state index contributed by atoms with van der Waals surface area (Å²) >= 11 is 6.22. The van der Waals surface area contributed by atoms with Gasteiger partial charge in [-0.05, 0) is 61.0 Å². The summed E-state index contributed by atoms with van der Waals surface area (Å²) in [6, 6.07) is 21.6. The molecule has 0 spiro atoms. The normalized spacial score (nSPS) is 11.4. The van der Waals surface area contributed by atoms with E-state index in [-0.39, 0.29) is 16.3 Å². The van der Waals surface area contributed by atoms with Crippen molar-refractivity contribution >= 4 is 45.1 Å². The lowest BCUT2D eigenvalue weighted by atomic mass is 10.1. The van der Waals surface area contributed by atoms with E-state index in [0.717, 1.165) is 9.87 Å². The predicted molar refractivity (Wildman–Crippen MR) is 144 cm³/mol. The standard InChI is InChI=1S/C26H21ClN4O6S/c1-18-7-10-21(15-24(18)27)30(38(35,36)23-5-3-2-4-6-23)17-26(32)29-28-16-22-13-14-25(37-22)19-8-11-20(12-9-19)31(33)34/h2-16H,17H2,1H3,(H,29,32)/b28-16-. The summed E-state index contributed by atoms with van der Waals surface area (Å²) < 4.78 is 33.3. The molecule has 4 rings (SSSR count). The molecule has 0 aliphatic heterocycles. The quantitative estimate of drug-likeness (QED) is 0.173. The Bertz CT molecular complexity index is 1600. The van der Waals surface area contributed by atoms with Crippen molar-refractivity contribution in [1.82, 2.24) is 5.43 Å². The number of hydrogen-bond acceptors (Lipinski definition) is 7. The lowest BCUT2D eigenvalue weighted by Crippen LogP contribution is -2.39. The molecule has 3 aromatic carbocycles. The number of nitrogens with zero attached hydrogens (tertiary/aromatic N) is 3. The smallest absolute Gasteiger partial charge is 0.269 e. The summed E-state index contributed by atoms with van der Waals surface area (Å²) in [5.74, 6) is 0.0568. The second-order valence-corrected chi connectivity index (χ2v) is 10.3. The molecule has 0 aliphatic carbocycles. The fourth-order valence-corrected chi connectivity index (χ4v) is 5.04. The van der Waals surface area contributed by atoms with Gasteiger partial charge in [0.1, 0.15) is 18.1 Å². The number of nitrogens with one attached hydrogen (secondary N) is 1. The average molecular weight is 553 g/mol. The van der Waals surface area contributed by atoms with Crippen molar-refractivity contribution in [3.05, 3.63) is 111 Å². The molecule has 0 radical (unpaired) electrons. The summed E-state index contributed by atoms with van der Waals surface area (Å²) in [6.07, 6.45) is 1.26. The number of furan rings is 1. The van der Waals surface area contributed by atoms with E-state index in [1.165, 1.54) is 36.5 Å². The Kier molecular flexibility index (Phi) is 7.89. The zero-order chi connectivity index (χ0) is 27.3. The van der Waals surface area contributed by atoms with Gasteiger partial charge < -0.3 is 4.42 Å². The number of amides is 1. The lowest BCUT2D eigenvalue weighted by molar-refractivity contribution is -0.384.